The first kappa shape index (κ1) is 16.7. The van der Waals surface area contributed by atoms with E-state index in [0.29, 0.717) is 5.70 Å². The fourth-order valence-electron chi connectivity index (χ4n) is 2.47. The largest absolute Gasteiger partial charge is 0.490 e. The van der Waals surface area contributed by atoms with E-state index in [-0.39, 0.29) is 11.8 Å². The quantitative estimate of drug-likeness (QED) is 0.756. The van der Waals surface area contributed by atoms with Crippen molar-refractivity contribution in [3.05, 3.63) is 41.0 Å². The molecule has 0 amide bonds. The molecule has 3 N–H and O–H groups in total. The van der Waals surface area contributed by atoms with Crippen molar-refractivity contribution in [1.29, 1.82) is 0 Å². The maximum Gasteiger partial charge on any atom is 0.490 e. The summed E-state index contributed by atoms with van der Waals surface area (Å²) in [5.41, 5.74) is 9.01. The van der Waals surface area contributed by atoms with Crippen molar-refractivity contribution in [1.82, 2.24) is 9.47 Å². The summed E-state index contributed by atoms with van der Waals surface area (Å²) in [5.74, 6) is -2.82. The number of hydrogen-bond acceptors (Lipinski definition) is 4. The zero-order valence-electron chi connectivity index (χ0n) is 12.3. The van der Waals surface area contributed by atoms with Gasteiger partial charge in [0.15, 0.2) is 0 Å². The average molecular weight is 329 g/mol. The predicted molar refractivity (Wildman–Crippen MR) is 75.2 cm³/mol. The number of carbonyl (C=O) groups is 2. The summed E-state index contributed by atoms with van der Waals surface area (Å²) in [6, 6.07) is 0.0916. The van der Waals surface area contributed by atoms with Crippen LogP contribution >= 0.6 is 0 Å². The lowest BCUT2D eigenvalue weighted by molar-refractivity contribution is -0.192. The third kappa shape index (κ3) is 2.94. The number of aryl methyl sites for hydroxylation is 1. The van der Waals surface area contributed by atoms with Gasteiger partial charge in [-0.1, -0.05) is 0 Å². The van der Waals surface area contributed by atoms with E-state index >= 15 is 0 Å². The van der Waals surface area contributed by atoms with Crippen LogP contribution in [-0.2, 0) is 11.8 Å². The summed E-state index contributed by atoms with van der Waals surface area (Å²) in [6.45, 7) is 0. The van der Waals surface area contributed by atoms with Crippen LogP contribution in [0.25, 0.3) is 6.08 Å². The van der Waals surface area contributed by atoms with Crippen LogP contribution in [0.3, 0.4) is 0 Å². The van der Waals surface area contributed by atoms with Gasteiger partial charge in [-0.05, 0) is 17.7 Å². The molecule has 9 heteroatoms. The normalized spacial score (nSPS) is 18.8. The van der Waals surface area contributed by atoms with E-state index in [2.05, 4.69) is 4.90 Å². The third-order valence-electron chi connectivity index (χ3n) is 3.53. The summed E-state index contributed by atoms with van der Waals surface area (Å²) in [4.78, 5) is 22.9. The number of Topliss-reactive ketones (excluding diaryl/α,β-unsaturated/α-hetero) is 1. The molecule has 0 saturated heterocycles. The van der Waals surface area contributed by atoms with Gasteiger partial charge >= 0.3 is 12.1 Å². The number of ketones is 1. The van der Waals surface area contributed by atoms with Gasteiger partial charge in [0, 0.05) is 32.1 Å². The molecular weight excluding hydrogens is 315 g/mol. The van der Waals surface area contributed by atoms with E-state index in [0.717, 1.165) is 16.8 Å². The van der Waals surface area contributed by atoms with Gasteiger partial charge in [-0.25, -0.2) is 4.79 Å². The number of likely N-dealkylation sites (N-methyl/N-ethyl adjacent to an activating group) is 1. The second kappa shape index (κ2) is 5.49. The molecule has 1 aliphatic heterocycles. The number of aromatic nitrogens is 1. The Kier molecular flexibility index (Phi) is 3.97. The number of alkyl halides is 3. The van der Waals surface area contributed by atoms with E-state index in [1.54, 1.807) is 0 Å². The van der Waals surface area contributed by atoms with Gasteiger partial charge in [0.25, 0.3) is 0 Å². The van der Waals surface area contributed by atoms with Crippen LogP contribution < -0.4 is 5.73 Å². The topological polar surface area (TPSA) is 88.6 Å². The highest BCUT2D eigenvalue weighted by Gasteiger charge is 2.38. The number of carboxylic acid groups (broad SMARTS) is 1. The van der Waals surface area contributed by atoms with Crippen LogP contribution in [0.5, 0.6) is 0 Å². The van der Waals surface area contributed by atoms with Crippen LogP contribution in [0.2, 0.25) is 0 Å². The maximum atomic E-state index is 12.0. The molecule has 2 aliphatic rings. The van der Waals surface area contributed by atoms with Crippen molar-refractivity contribution < 1.29 is 27.9 Å². The Morgan fingerprint density at radius 3 is 2.43 bits per heavy atom. The van der Waals surface area contributed by atoms with Crippen molar-refractivity contribution in [2.45, 2.75) is 12.2 Å². The van der Waals surface area contributed by atoms with Crippen LogP contribution in [-0.4, -0.2) is 39.6 Å². The first-order chi connectivity index (χ1) is 10.5. The summed E-state index contributed by atoms with van der Waals surface area (Å²) in [5, 5.41) is 7.12. The van der Waals surface area contributed by atoms with Gasteiger partial charge in [-0.2, -0.15) is 13.2 Å². The fraction of sp³-hybridized carbons (Fsp3) is 0.286. The smallest absolute Gasteiger partial charge is 0.475 e. The second-order valence-corrected chi connectivity index (χ2v) is 5.14. The highest BCUT2D eigenvalue weighted by atomic mass is 19.4. The highest BCUT2D eigenvalue weighted by Crippen LogP contribution is 2.37. The molecule has 0 saturated carbocycles. The molecule has 1 unspecified atom stereocenters. The number of carbonyl (C=O) groups excluding carboxylic acids is 1. The zero-order valence-corrected chi connectivity index (χ0v) is 12.3. The standard InChI is InChI=1S/C12H13N3O.C2HF3O2/c1-14-4-3-7-6-15(2)11-10(7)9(14)5-8(13)12(11)16;3-2(4,5)1(6)7/h3-6,9H,13H2,1-2H3;(H,6,7). The molecule has 3 rings (SSSR count). The Balaban J connectivity index is 0.000000236. The second-order valence-electron chi connectivity index (χ2n) is 5.14. The molecule has 23 heavy (non-hydrogen) atoms. The van der Waals surface area contributed by atoms with Crippen molar-refractivity contribution in [2.75, 3.05) is 7.05 Å². The molecule has 1 aromatic heterocycles. The number of nitrogens with zero attached hydrogens (tertiary/aromatic N) is 2. The van der Waals surface area contributed by atoms with E-state index in [4.69, 9.17) is 15.6 Å². The molecule has 124 valence electrons. The predicted octanol–water partition coefficient (Wildman–Crippen LogP) is 1.65. The molecule has 0 aromatic carbocycles. The van der Waals surface area contributed by atoms with Crippen LogP contribution in [0, 0.1) is 0 Å². The number of nitrogens with two attached hydrogens (primary N) is 1. The third-order valence-corrected chi connectivity index (χ3v) is 3.53. The molecular formula is C14H14F3N3O3. The average Bonchev–Trinajstić information content (AvgIpc) is 2.76. The van der Waals surface area contributed by atoms with Gasteiger partial charge < -0.3 is 20.3 Å². The minimum atomic E-state index is -5.08. The van der Waals surface area contributed by atoms with Crippen LogP contribution in [0.1, 0.15) is 27.7 Å². The Bertz CT molecular complexity index is 732. The summed E-state index contributed by atoms with van der Waals surface area (Å²) < 4.78 is 33.6. The van der Waals surface area contributed by atoms with Crippen molar-refractivity contribution >= 4 is 17.8 Å². The summed E-state index contributed by atoms with van der Waals surface area (Å²) in [7, 11) is 3.87. The van der Waals surface area contributed by atoms with E-state index in [9.17, 15) is 18.0 Å². The Hall–Kier alpha value is -2.71. The van der Waals surface area contributed by atoms with Gasteiger partial charge in [0.2, 0.25) is 5.78 Å². The molecule has 2 heterocycles. The Morgan fingerprint density at radius 2 is 1.91 bits per heavy atom. The van der Waals surface area contributed by atoms with Gasteiger partial charge in [-0.15, -0.1) is 0 Å². The first-order valence-electron chi connectivity index (χ1n) is 6.45. The Labute approximate surface area is 129 Å². The van der Waals surface area contributed by atoms with E-state index in [1.807, 2.05) is 43.2 Å². The molecule has 0 spiro atoms. The maximum absolute atomic E-state index is 12.0. The molecule has 0 radical (unpaired) electrons. The number of allylic oxidation sites excluding steroid dienone is 1. The lowest BCUT2D eigenvalue weighted by Gasteiger charge is -2.31. The number of rotatable bonds is 0. The first-order valence-corrected chi connectivity index (χ1v) is 6.45. The van der Waals surface area contributed by atoms with Gasteiger partial charge in [0.1, 0.15) is 0 Å². The molecule has 1 aliphatic carbocycles. The van der Waals surface area contributed by atoms with Crippen molar-refractivity contribution in [2.24, 2.45) is 12.8 Å². The molecule has 1 aromatic rings. The van der Waals surface area contributed by atoms with E-state index in [1.165, 1.54) is 0 Å². The lowest BCUT2D eigenvalue weighted by Crippen LogP contribution is -2.29. The molecule has 0 fully saturated rings. The SMILES string of the molecule is CN1C=Cc2cn(C)c3c2C1C=C(N)C3=O.O=C(O)C(F)(F)F. The van der Waals surface area contributed by atoms with Crippen molar-refractivity contribution in [3.8, 4) is 0 Å². The number of hydrogen-bond donors (Lipinski definition) is 2. The van der Waals surface area contributed by atoms with Crippen LogP contribution in [0.4, 0.5) is 13.2 Å². The number of halogens is 3. The lowest BCUT2D eigenvalue weighted by atomic mass is 9.90. The minimum absolute atomic E-state index is 0.0660. The van der Waals surface area contributed by atoms with Crippen LogP contribution in [0.15, 0.2) is 24.2 Å². The minimum Gasteiger partial charge on any atom is -0.475 e. The van der Waals surface area contributed by atoms with Crippen molar-refractivity contribution in [3.63, 3.8) is 0 Å². The monoisotopic (exact) mass is 329 g/mol. The summed E-state index contributed by atoms with van der Waals surface area (Å²) >= 11 is 0. The highest BCUT2D eigenvalue weighted by molar-refractivity contribution is 6.10. The number of carboxylic acids is 1. The van der Waals surface area contributed by atoms with E-state index < -0.39 is 12.1 Å². The zero-order chi connectivity index (χ0) is 17.5. The Morgan fingerprint density at radius 1 is 1.35 bits per heavy atom. The van der Waals surface area contributed by atoms with Gasteiger partial charge in [0.05, 0.1) is 17.4 Å². The number of aliphatic carboxylic acids is 1. The fourth-order valence-corrected chi connectivity index (χ4v) is 2.47. The molecule has 6 nitrogen and oxygen atoms in total. The molecule has 0 bridgehead atoms. The van der Waals surface area contributed by atoms with Gasteiger partial charge in [-0.3, -0.25) is 4.79 Å². The molecule has 1 atom stereocenters. The summed E-state index contributed by atoms with van der Waals surface area (Å²) in [6.07, 6.45) is 2.76.